The van der Waals surface area contributed by atoms with E-state index >= 15 is 0 Å². The maximum atomic E-state index is 13.7. The van der Waals surface area contributed by atoms with Crippen molar-refractivity contribution in [3.05, 3.63) is 70.8 Å². The Morgan fingerprint density at radius 1 is 1.10 bits per heavy atom. The molecule has 2 nitrogen and oxygen atoms in total. The molecule has 1 N–H and O–H groups in total. The molecule has 0 radical (unpaired) electrons. The van der Waals surface area contributed by atoms with Crippen LogP contribution in [0, 0.1) is 11.6 Å². The van der Waals surface area contributed by atoms with Gasteiger partial charge in [-0.2, -0.15) is 0 Å². The highest BCUT2D eigenvalue weighted by molar-refractivity contribution is 5.29. The Balaban J connectivity index is 1.70. The van der Waals surface area contributed by atoms with E-state index in [1.807, 2.05) is 12.1 Å². The molecule has 2 aromatic carbocycles. The van der Waals surface area contributed by atoms with Crippen LogP contribution in [-0.4, -0.2) is 23.1 Å². The fraction of sp³-hybridized carbons (Fsp3) is 0.294. The first-order valence-electron chi connectivity index (χ1n) is 7.05. The van der Waals surface area contributed by atoms with Gasteiger partial charge in [0.15, 0.2) is 0 Å². The van der Waals surface area contributed by atoms with E-state index < -0.39 is 17.7 Å². The van der Waals surface area contributed by atoms with Crippen molar-refractivity contribution in [1.29, 1.82) is 0 Å². The monoisotopic (exact) mass is 289 g/mol. The Hall–Kier alpha value is -1.78. The van der Waals surface area contributed by atoms with Crippen molar-refractivity contribution in [1.82, 2.24) is 4.90 Å². The topological polar surface area (TPSA) is 23.5 Å². The predicted octanol–water partition coefficient (Wildman–Crippen LogP) is 3.06. The zero-order valence-corrected chi connectivity index (χ0v) is 11.6. The Morgan fingerprint density at radius 3 is 2.62 bits per heavy atom. The maximum Gasteiger partial charge on any atom is 0.131 e. The third-order valence-electron chi connectivity index (χ3n) is 3.96. The van der Waals surface area contributed by atoms with Gasteiger partial charge in [0.05, 0.1) is 6.10 Å². The van der Waals surface area contributed by atoms with Crippen molar-refractivity contribution < 1.29 is 13.9 Å². The summed E-state index contributed by atoms with van der Waals surface area (Å²) in [5.74, 6) is -1.32. The van der Waals surface area contributed by atoms with Crippen LogP contribution in [0.3, 0.4) is 0 Å². The number of nitrogens with zero attached hydrogens (tertiary/aromatic N) is 1. The minimum absolute atomic E-state index is 0.148. The zero-order chi connectivity index (χ0) is 14.8. The first-order valence-corrected chi connectivity index (χ1v) is 7.05. The number of aliphatic hydroxyl groups excluding tert-OH is 1. The van der Waals surface area contributed by atoms with Gasteiger partial charge in [-0.25, -0.2) is 8.78 Å². The Morgan fingerprint density at radius 2 is 1.86 bits per heavy atom. The van der Waals surface area contributed by atoms with E-state index in [2.05, 4.69) is 17.0 Å². The van der Waals surface area contributed by atoms with Crippen LogP contribution >= 0.6 is 0 Å². The van der Waals surface area contributed by atoms with Crippen molar-refractivity contribution in [2.45, 2.75) is 19.1 Å². The smallest absolute Gasteiger partial charge is 0.131 e. The van der Waals surface area contributed by atoms with E-state index in [1.54, 1.807) is 0 Å². The van der Waals surface area contributed by atoms with Gasteiger partial charge in [0.25, 0.3) is 0 Å². The van der Waals surface area contributed by atoms with Crippen molar-refractivity contribution in [2.75, 3.05) is 13.1 Å². The van der Waals surface area contributed by atoms with Crippen LogP contribution in [0.4, 0.5) is 8.78 Å². The Bertz CT molecular complexity index is 644. The van der Waals surface area contributed by atoms with Crippen molar-refractivity contribution in [2.24, 2.45) is 0 Å². The quantitative estimate of drug-likeness (QED) is 0.938. The second kappa shape index (κ2) is 5.92. The van der Waals surface area contributed by atoms with Crippen LogP contribution in [0.15, 0.2) is 42.5 Å². The molecule has 110 valence electrons. The normalized spacial score (nSPS) is 16.5. The van der Waals surface area contributed by atoms with Gasteiger partial charge < -0.3 is 5.11 Å². The second-order valence-electron chi connectivity index (χ2n) is 5.44. The van der Waals surface area contributed by atoms with Crippen molar-refractivity contribution >= 4 is 0 Å². The summed E-state index contributed by atoms with van der Waals surface area (Å²) in [6, 6.07) is 11.5. The second-order valence-corrected chi connectivity index (χ2v) is 5.44. The van der Waals surface area contributed by atoms with E-state index in [0.29, 0.717) is 6.54 Å². The molecular formula is C17H17F2NO. The van der Waals surface area contributed by atoms with Gasteiger partial charge >= 0.3 is 0 Å². The maximum absolute atomic E-state index is 13.7. The van der Waals surface area contributed by atoms with Gasteiger partial charge in [-0.05, 0) is 23.6 Å². The Kier molecular flexibility index (Phi) is 3.99. The van der Waals surface area contributed by atoms with Gasteiger partial charge in [0, 0.05) is 31.3 Å². The van der Waals surface area contributed by atoms with E-state index in [1.165, 1.54) is 23.3 Å². The summed E-state index contributed by atoms with van der Waals surface area (Å²) >= 11 is 0. The SMILES string of the molecule is OC(CN1CCc2ccccc2C1)c1ccc(F)cc1F. The van der Waals surface area contributed by atoms with Gasteiger partial charge in [-0.15, -0.1) is 0 Å². The highest BCUT2D eigenvalue weighted by atomic mass is 19.1. The predicted molar refractivity (Wildman–Crippen MR) is 76.7 cm³/mol. The highest BCUT2D eigenvalue weighted by Gasteiger charge is 2.21. The highest BCUT2D eigenvalue weighted by Crippen LogP contribution is 2.23. The zero-order valence-electron chi connectivity index (χ0n) is 11.6. The molecule has 0 saturated carbocycles. The lowest BCUT2D eigenvalue weighted by Crippen LogP contribution is -2.34. The summed E-state index contributed by atoms with van der Waals surface area (Å²) in [6.45, 7) is 1.92. The molecule has 1 heterocycles. The third-order valence-corrected chi connectivity index (χ3v) is 3.96. The van der Waals surface area contributed by atoms with E-state index in [-0.39, 0.29) is 5.56 Å². The summed E-state index contributed by atoms with van der Waals surface area (Å²) in [6.07, 6.45) is -0.0229. The average molecular weight is 289 g/mol. The molecule has 2 aromatic rings. The molecule has 0 aliphatic carbocycles. The number of halogens is 2. The van der Waals surface area contributed by atoms with E-state index in [0.717, 1.165) is 25.6 Å². The van der Waals surface area contributed by atoms with Crippen LogP contribution in [-0.2, 0) is 13.0 Å². The molecule has 0 saturated heterocycles. The lowest BCUT2D eigenvalue weighted by Gasteiger charge is -2.30. The summed E-state index contributed by atoms with van der Waals surface area (Å²) in [5.41, 5.74) is 2.72. The summed E-state index contributed by atoms with van der Waals surface area (Å²) in [7, 11) is 0. The van der Waals surface area contributed by atoms with Crippen LogP contribution in [0.25, 0.3) is 0 Å². The fourth-order valence-corrected chi connectivity index (χ4v) is 2.82. The molecule has 21 heavy (non-hydrogen) atoms. The number of fused-ring (bicyclic) bond motifs is 1. The fourth-order valence-electron chi connectivity index (χ4n) is 2.82. The lowest BCUT2D eigenvalue weighted by atomic mass is 9.99. The molecule has 0 bridgehead atoms. The third kappa shape index (κ3) is 3.12. The van der Waals surface area contributed by atoms with Crippen LogP contribution in [0.1, 0.15) is 22.8 Å². The number of β-amino-alcohol motifs (C(OH)–C–C–N with tert-alkyl or cyclic N) is 1. The van der Waals surface area contributed by atoms with Gasteiger partial charge in [0.2, 0.25) is 0 Å². The Labute approximate surface area is 122 Å². The minimum atomic E-state index is -0.948. The first-order chi connectivity index (χ1) is 10.1. The standard InChI is InChI=1S/C17H17F2NO/c18-14-5-6-15(16(19)9-14)17(21)11-20-8-7-12-3-1-2-4-13(12)10-20/h1-6,9,17,21H,7-8,10-11H2. The molecule has 1 aliphatic rings. The first kappa shape index (κ1) is 14.2. The summed E-state index contributed by atoms with van der Waals surface area (Å²) in [4.78, 5) is 2.09. The molecule has 1 atom stereocenters. The molecule has 0 aromatic heterocycles. The van der Waals surface area contributed by atoms with Gasteiger partial charge in [-0.1, -0.05) is 30.3 Å². The lowest BCUT2D eigenvalue weighted by molar-refractivity contribution is 0.103. The number of rotatable bonds is 3. The molecule has 0 amide bonds. The average Bonchev–Trinajstić information content (AvgIpc) is 2.47. The van der Waals surface area contributed by atoms with Crippen LogP contribution in [0.2, 0.25) is 0 Å². The van der Waals surface area contributed by atoms with Crippen LogP contribution in [0.5, 0.6) is 0 Å². The van der Waals surface area contributed by atoms with Crippen LogP contribution < -0.4 is 0 Å². The number of benzene rings is 2. The summed E-state index contributed by atoms with van der Waals surface area (Å²) in [5, 5.41) is 10.2. The molecular weight excluding hydrogens is 272 g/mol. The number of aliphatic hydroxyl groups is 1. The summed E-state index contributed by atoms with van der Waals surface area (Å²) < 4.78 is 26.6. The number of hydrogen-bond donors (Lipinski definition) is 1. The molecule has 1 aliphatic heterocycles. The molecule has 0 spiro atoms. The molecule has 4 heteroatoms. The number of hydrogen-bond acceptors (Lipinski definition) is 2. The largest absolute Gasteiger partial charge is 0.387 e. The van der Waals surface area contributed by atoms with Gasteiger partial charge in [0.1, 0.15) is 11.6 Å². The van der Waals surface area contributed by atoms with Crippen molar-refractivity contribution in [3.8, 4) is 0 Å². The molecule has 3 rings (SSSR count). The molecule has 0 fully saturated rings. The molecule has 1 unspecified atom stereocenters. The van der Waals surface area contributed by atoms with Crippen molar-refractivity contribution in [3.63, 3.8) is 0 Å². The van der Waals surface area contributed by atoms with E-state index in [9.17, 15) is 13.9 Å². The van der Waals surface area contributed by atoms with E-state index in [4.69, 9.17) is 0 Å². The minimum Gasteiger partial charge on any atom is -0.387 e. The van der Waals surface area contributed by atoms with Gasteiger partial charge in [-0.3, -0.25) is 4.90 Å².